The molecular formula is C12H19N4O14P3-2. The predicted octanol–water partition coefficient (Wildman–Crippen LogP) is -3.50. The van der Waals surface area contributed by atoms with Gasteiger partial charge in [-0.25, -0.2) is 18.0 Å². The Morgan fingerprint density at radius 1 is 1.18 bits per heavy atom. The Morgan fingerprint density at radius 2 is 1.82 bits per heavy atom. The Bertz CT molecular complexity index is 1090. The summed E-state index contributed by atoms with van der Waals surface area (Å²) in [5, 5.41) is 20.3. The van der Waals surface area contributed by atoms with Crippen molar-refractivity contribution in [2.75, 3.05) is 18.9 Å². The molecule has 1 aliphatic rings. The number of anilines is 1. The molecule has 0 spiro atoms. The molecule has 8 N–H and O–H groups in total. The number of nitrogen functional groups attached to an aromatic ring is 1. The SMILES string of the molecule is NC/C=C/c1cn(C2OC(COP(=O)([O-])OP(=O)([O-])OP(=O)(O)O)C(O)C2O)c(=O)nc1N. The van der Waals surface area contributed by atoms with Crippen LogP contribution < -0.4 is 26.9 Å². The fraction of sp³-hybridized carbons (Fsp3) is 0.500. The highest BCUT2D eigenvalue weighted by Crippen LogP contribution is 2.62. The van der Waals surface area contributed by atoms with Crippen LogP contribution >= 0.6 is 23.5 Å². The fourth-order valence-electron chi connectivity index (χ4n) is 2.55. The number of ether oxygens (including phenoxy) is 1. The second-order valence-corrected chi connectivity index (χ2v) is 10.6. The van der Waals surface area contributed by atoms with Crippen molar-refractivity contribution in [1.29, 1.82) is 0 Å². The number of phosphoric acid groups is 3. The lowest BCUT2D eigenvalue weighted by molar-refractivity contribution is -0.241. The van der Waals surface area contributed by atoms with Crippen molar-refractivity contribution >= 4 is 35.4 Å². The summed E-state index contributed by atoms with van der Waals surface area (Å²) in [6.45, 7) is -1.01. The van der Waals surface area contributed by atoms with Gasteiger partial charge >= 0.3 is 13.5 Å². The van der Waals surface area contributed by atoms with Gasteiger partial charge in [0.15, 0.2) is 6.23 Å². The summed E-state index contributed by atoms with van der Waals surface area (Å²) < 4.78 is 50.3. The topological polar surface area (TPSA) is 302 Å². The van der Waals surface area contributed by atoms with Gasteiger partial charge in [-0.3, -0.25) is 13.7 Å². The highest BCUT2D eigenvalue weighted by molar-refractivity contribution is 7.65. The number of hydrogen-bond donors (Lipinski definition) is 6. The third-order valence-electron chi connectivity index (χ3n) is 3.86. The minimum atomic E-state index is -6.06. The lowest BCUT2D eigenvalue weighted by Gasteiger charge is -2.30. The van der Waals surface area contributed by atoms with Crippen LogP contribution in [0.15, 0.2) is 17.1 Å². The van der Waals surface area contributed by atoms with Crippen molar-refractivity contribution in [2.45, 2.75) is 24.5 Å². The molecule has 2 rings (SSSR count). The number of aliphatic hydroxyl groups is 2. The molecule has 33 heavy (non-hydrogen) atoms. The molecule has 1 fully saturated rings. The van der Waals surface area contributed by atoms with Crippen LogP contribution in [0.4, 0.5) is 5.82 Å². The number of aliphatic hydroxyl groups excluding tert-OH is 2. The van der Waals surface area contributed by atoms with E-state index in [1.807, 2.05) is 0 Å². The molecule has 0 amide bonds. The van der Waals surface area contributed by atoms with Crippen molar-refractivity contribution in [3.8, 4) is 0 Å². The molecule has 1 aromatic rings. The third-order valence-corrected chi connectivity index (χ3v) is 7.58. The Balaban J connectivity index is 2.14. The van der Waals surface area contributed by atoms with Crippen molar-refractivity contribution in [1.82, 2.24) is 9.55 Å². The standard InChI is InChI=1S/C12H21N4O14P3/c13-3-1-2-6-4-16(12(19)15-10(6)14)11-9(18)8(17)7(28-11)5-27-32(23,24)30-33(25,26)29-31(20,21)22/h1-2,4,7-9,11,17-18H,3,5,13H2,(H,23,24)(H,25,26)(H2,14,15,19)(H2,20,21,22)/p-2/b2-1+. The average molecular weight is 536 g/mol. The maximum Gasteiger partial charge on any atom is 0.476 e. The van der Waals surface area contributed by atoms with Crippen LogP contribution in [0.1, 0.15) is 11.8 Å². The number of aromatic nitrogens is 2. The number of phosphoric ester groups is 1. The Kier molecular flexibility index (Phi) is 8.89. The van der Waals surface area contributed by atoms with Gasteiger partial charge in [0.05, 0.1) is 6.61 Å². The van der Waals surface area contributed by atoms with Crippen LogP contribution in [-0.4, -0.2) is 61.0 Å². The molecule has 1 saturated heterocycles. The van der Waals surface area contributed by atoms with Gasteiger partial charge in [-0.2, -0.15) is 4.98 Å². The second kappa shape index (κ2) is 10.5. The molecule has 0 aromatic carbocycles. The summed E-state index contributed by atoms with van der Waals surface area (Å²) in [7, 11) is -17.5. The van der Waals surface area contributed by atoms with Gasteiger partial charge in [0, 0.05) is 18.3 Å². The average Bonchev–Trinajstić information content (AvgIpc) is 2.91. The molecular weight excluding hydrogens is 517 g/mol. The molecule has 18 nitrogen and oxygen atoms in total. The maximum absolute atomic E-state index is 12.2. The largest absolute Gasteiger partial charge is 0.756 e. The van der Waals surface area contributed by atoms with E-state index in [4.69, 9.17) is 26.0 Å². The second-order valence-electron chi connectivity index (χ2n) is 6.30. The Morgan fingerprint density at radius 3 is 2.39 bits per heavy atom. The zero-order chi connectivity index (χ0) is 25.2. The highest BCUT2D eigenvalue weighted by atomic mass is 31.3. The Hall–Kier alpha value is -1.33. The first kappa shape index (κ1) is 27.9. The molecule has 1 aromatic heterocycles. The molecule has 0 bridgehead atoms. The van der Waals surface area contributed by atoms with Crippen LogP contribution in [0.3, 0.4) is 0 Å². The zero-order valence-electron chi connectivity index (χ0n) is 16.2. The van der Waals surface area contributed by atoms with Gasteiger partial charge in [-0.15, -0.1) is 0 Å². The molecule has 6 unspecified atom stereocenters. The van der Waals surface area contributed by atoms with E-state index in [9.17, 15) is 38.5 Å². The number of nitrogens with zero attached hydrogens (tertiary/aromatic N) is 2. The smallest absolute Gasteiger partial charge is 0.476 e. The quantitative estimate of drug-likeness (QED) is 0.158. The van der Waals surface area contributed by atoms with Gasteiger partial charge in [0.1, 0.15) is 24.1 Å². The summed E-state index contributed by atoms with van der Waals surface area (Å²) in [6.07, 6.45) is -2.84. The van der Waals surface area contributed by atoms with E-state index in [0.717, 1.165) is 10.8 Å². The van der Waals surface area contributed by atoms with Crippen LogP contribution in [0.5, 0.6) is 0 Å². The Labute approximate surface area is 184 Å². The van der Waals surface area contributed by atoms with Crippen LogP contribution in [-0.2, 0) is 31.6 Å². The molecule has 0 aliphatic carbocycles. The first-order valence-corrected chi connectivity index (χ1v) is 13.0. The minimum absolute atomic E-state index is 0.131. The van der Waals surface area contributed by atoms with Crippen LogP contribution in [0, 0.1) is 0 Å². The van der Waals surface area contributed by atoms with Gasteiger partial charge in [0.25, 0.3) is 15.6 Å². The van der Waals surface area contributed by atoms with E-state index in [1.165, 1.54) is 12.2 Å². The molecule has 188 valence electrons. The summed E-state index contributed by atoms with van der Waals surface area (Å²) in [6, 6.07) is 0. The molecule has 1 aliphatic heterocycles. The van der Waals surface area contributed by atoms with Gasteiger partial charge in [-0.1, -0.05) is 12.2 Å². The number of nitrogens with two attached hydrogens (primary N) is 2. The van der Waals surface area contributed by atoms with E-state index in [2.05, 4.69) is 18.1 Å². The van der Waals surface area contributed by atoms with Crippen molar-refractivity contribution in [3.63, 3.8) is 0 Å². The molecule has 6 atom stereocenters. The van der Waals surface area contributed by atoms with Crippen LogP contribution in [0.25, 0.3) is 6.08 Å². The molecule has 0 saturated carbocycles. The monoisotopic (exact) mass is 536 g/mol. The van der Waals surface area contributed by atoms with Gasteiger partial charge < -0.3 is 50.5 Å². The van der Waals surface area contributed by atoms with Gasteiger partial charge in [0.2, 0.25) is 0 Å². The predicted molar refractivity (Wildman–Crippen MR) is 102 cm³/mol. The number of rotatable bonds is 10. The summed E-state index contributed by atoms with van der Waals surface area (Å²) in [4.78, 5) is 55.4. The fourth-order valence-corrected chi connectivity index (χ4v) is 5.48. The van der Waals surface area contributed by atoms with Crippen molar-refractivity contribution < 1.29 is 61.4 Å². The molecule has 21 heteroatoms. The minimum Gasteiger partial charge on any atom is -0.756 e. The first-order chi connectivity index (χ1) is 15.1. The van der Waals surface area contributed by atoms with E-state index in [0.29, 0.717) is 0 Å². The van der Waals surface area contributed by atoms with Gasteiger partial charge in [-0.05, 0) is 0 Å². The van der Waals surface area contributed by atoms with E-state index < -0.39 is 60.3 Å². The summed E-state index contributed by atoms with van der Waals surface area (Å²) in [5.74, 6) is -0.169. The van der Waals surface area contributed by atoms with Crippen molar-refractivity contribution in [3.05, 3.63) is 28.3 Å². The first-order valence-electron chi connectivity index (χ1n) is 8.57. The lowest BCUT2D eigenvalue weighted by Crippen LogP contribution is -2.36. The zero-order valence-corrected chi connectivity index (χ0v) is 18.9. The highest BCUT2D eigenvalue weighted by Gasteiger charge is 2.45. The molecule has 2 heterocycles. The normalized spacial score (nSPS) is 27.5. The summed E-state index contributed by atoms with van der Waals surface area (Å²) in [5.41, 5.74) is 10.2. The molecule has 0 radical (unpaired) electrons. The summed E-state index contributed by atoms with van der Waals surface area (Å²) >= 11 is 0. The third kappa shape index (κ3) is 7.85. The van der Waals surface area contributed by atoms with Crippen molar-refractivity contribution in [2.24, 2.45) is 5.73 Å². The lowest BCUT2D eigenvalue weighted by atomic mass is 10.1. The number of hydrogen-bond acceptors (Lipinski definition) is 15. The van der Waals surface area contributed by atoms with Crippen LogP contribution in [0.2, 0.25) is 0 Å². The van der Waals surface area contributed by atoms with E-state index >= 15 is 0 Å². The maximum atomic E-state index is 12.2. The van der Waals surface area contributed by atoms with E-state index in [-0.39, 0.29) is 17.9 Å². The van der Waals surface area contributed by atoms with E-state index in [1.54, 1.807) is 0 Å².